The predicted octanol–water partition coefficient (Wildman–Crippen LogP) is 2.99. The van der Waals surface area contributed by atoms with Crippen LogP contribution >= 0.6 is 0 Å². The van der Waals surface area contributed by atoms with E-state index in [-0.39, 0.29) is 12.4 Å². The molecule has 3 heteroatoms. The van der Waals surface area contributed by atoms with Crippen LogP contribution in [0.5, 0.6) is 0 Å². The number of aliphatic hydroxyl groups excluding tert-OH is 1. The summed E-state index contributed by atoms with van der Waals surface area (Å²) in [6.07, 6.45) is 0. The Hall–Kier alpha value is -2.13. The Kier molecular flexibility index (Phi) is 4.31. The van der Waals surface area contributed by atoms with E-state index in [1.807, 2.05) is 48.5 Å². The highest BCUT2D eigenvalue weighted by atomic mass is 16.3. The fourth-order valence-electron chi connectivity index (χ4n) is 1.86. The SMILES string of the molecule is CC(=O)c1ccc(NCc2cccc(CO)c2)cc1. The Bertz CT molecular complexity index is 561. The van der Waals surface area contributed by atoms with E-state index in [1.165, 1.54) is 0 Å². The highest BCUT2D eigenvalue weighted by molar-refractivity contribution is 5.94. The van der Waals surface area contributed by atoms with Crippen molar-refractivity contribution in [3.63, 3.8) is 0 Å². The number of hydrogen-bond acceptors (Lipinski definition) is 3. The van der Waals surface area contributed by atoms with Crippen molar-refractivity contribution < 1.29 is 9.90 Å². The topological polar surface area (TPSA) is 49.3 Å². The van der Waals surface area contributed by atoms with Crippen molar-refractivity contribution in [2.24, 2.45) is 0 Å². The van der Waals surface area contributed by atoms with Gasteiger partial charge in [-0.25, -0.2) is 0 Å². The van der Waals surface area contributed by atoms with Crippen molar-refractivity contribution in [3.8, 4) is 0 Å². The third kappa shape index (κ3) is 3.66. The first kappa shape index (κ1) is 13.3. The number of aliphatic hydroxyl groups is 1. The molecule has 0 aliphatic carbocycles. The van der Waals surface area contributed by atoms with Gasteiger partial charge in [0.2, 0.25) is 0 Å². The molecule has 0 atom stereocenters. The molecule has 2 aromatic rings. The fourth-order valence-corrected chi connectivity index (χ4v) is 1.86. The van der Waals surface area contributed by atoms with Gasteiger partial charge in [-0.1, -0.05) is 24.3 Å². The van der Waals surface area contributed by atoms with E-state index in [0.717, 1.165) is 16.8 Å². The molecule has 2 N–H and O–H groups in total. The molecule has 0 fully saturated rings. The maximum Gasteiger partial charge on any atom is 0.159 e. The van der Waals surface area contributed by atoms with Crippen LogP contribution in [-0.2, 0) is 13.2 Å². The molecule has 0 aliphatic rings. The molecule has 0 amide bonds. The molecule has 0 radical (unpaired) electrons. The van der Waals surface area contributed by atoms with Crippen molar-refractivity contribution in [3.05, 3.63) is 65.2 Å². The minimum Gasteiger partial charge on any atom is -0.392 e. The predicted molar refractivity (Wildman–Crippen MR) is 76.1 cm³/mol. The lowest BCUT2D eigenvalue weighted by atomic mass is 10.1. The average Bonchev–Trinajstić information content (AvgIpc) is 2.46. The molecule has 0 spiro atoms. The first-order chi connectivity index (χ1) is 9.19. The number of hydrogen-bond donors (Lipinski definition) is 2. The van der Waals surface area contributed by atoms with Crippen LogP contribution in [-0.4, -0.2) is 10.9 Å². The van der Waals surface area contributed by atoms with Crippen molar-refractivity contribution in [1.82, 2.24) is 0 Å². The number of benzene rings is 2. The summed E-state index contributed by atoms with van der Waals surface area (Å²) in [4.78, 5) is 11.2. The molecule has 0 aromatic heterocycles. The Balaban J connectivity index is 1.99. The van der Waals surface area contributed by atoms with Gasteiger partial charge in [0.25, 0.3) is 0 Å². The average molecular weight is 255 g/mol. The van der Waals surface area contributed by atoms with Gasteiger partial charge in [0.05, 0.1) is 6.61 Å². The van der Waals surface area contributed by atoms with Crippen LogP contribution in [0.25, 0.3) is 0 Å². The second-order valence-corrected chi connectivity index (χ2v) is 4.47. The lowest BCUT2D eigenvalue weighted by Crippen LogP contribution is -2.00. The van der Waals surface area contributed by atoms with Crippen molar-refractivity contribution in [2.75, 3.05) is 5.32 Å². The van der Waals surface area contributed by atoms with Gasteiger partial charge >= 0.3 is 0 Å². The Morgan fingerprint density at radius 2 is 1.79 bits per heavy atom. The monoisotopic (exact) mass is 255 g/mol. The highest BCUT2D eigenvalue weighted by Gasteiger charge is 1.99. The lowest BCUT2D eigenvalue weighted by Gasteiger charge is -2.08. The quantitative estimate of drug-likeness (QED) is 0.807. The second-order valence-electron chi connectivity index (χ2n) is 4.47. The van der Waals surface area contributed by atoms with Crippen LogP contribution in [0.4, 0.5) is 5.69 Å². The highest BCUT2D eigenvalue weighted by Crippen LogP contribution is 2.12. The number of Topliss-reactive ketones (excluding diaryl/α,β-unsaturated/α-hetero) is 1. The van der Waals surface area contributed by atoms with Crippen LogP contribution in [0.1, 0.15) is 28.4 Å². The second kappa shape index (κ2) is 6.16. The van der Waals surface area contributed by atoms with Gasteiger partial charge in [-0.05, 0) is 42.3 Å². The zero-order valence-electron chi connectivity index (χ0n) is 10.9. The fraction of sp³-hybridized carbons (Fsp3) is 0.188. The Labute approximate surface area is 112 Å². The zero-order valence-corrected chi connectivity index (χ0v) is 10.9. The van der Waals surface area contributed by atoms with E-state index in [2.05, 4.69) is 5.32 Å². The minimum absolute atomic E-state index is 0.0567. The van der Waals surface area contributed by atoms with Gasteiger partial charge in [0.15, 0.2) is 5.78 Å². The van der Waals surface area contributed by atoms with Gasteiger partial charge in [-0.3, -0.25) is 4.79 Å². The van der Waals surface area contributed by atoms with Crippen molar-refractivity contribution in [1.29, 1.82) is 0 Å². The van der Waals surface area contributed by atoms with Crippen LogP contribution in [0, 0.1) is 0 Å². The first-order valence-electron chi connectivity index (χ1n) is 6.22. The summed E-state index contributed by atoms with van der Waals surface area (Å²) in [5.41, 5.74) is 3.71. The molecular formula is C16H17NO2. The molecule has 0 aliphatic heterocycles. The number of carbonyl (C=O) groups excluding carboxylic acids is 1. The number of ketones is 1. The van der Waals surface area contributed by atoms with Crippen LogP contribution < -0.4 is 5.32 Å². The Morgan fingerprint density at radius 3 is 2.42 bits per heavy atom. The third-order valence-electron chi connectivity index (χ3n) is 2.96. The maximum absolute atomic E-state index is 11.2. The summed E-state index contributed by atoms with van der Waals surface area (Å²) < 4.78 is 0. The first-order valence-corrected chi connectivity index (χ1v) is 6.22. The molecule has 2 aromatic carbocycles. The summed E-state index contributed by atoms with van der Waals surface area (Å²) in [7, 11) is 0. The normalized spacial score (nSPS) is 10.2. The van der Waals surface area contributed by atoms with E-state index in [1.54, 1.807) is 6.92 Å². The van der Waals surface area contributed by atoms with Gasteiger partial charge in [0, 0.05) is 17.8 Å². The molecule has 0 heterocycles. The van der Waals surface area contributed by atoms with E-state index < -0.39 is 0 Å². The van der Waals surface area contributed by atoms with Crippen LogP contribution in [0.2, 0.25) is 0 Å². The molecule has 2 rings (SSSR count). The molecule has 0 unspecified atom stereocenters. The van der Waals surface area contributed by atoms with Gasteiger partial charge < -0.3 is 10.4 Å². The van der Waals surface area contributed by atoms with E-state index >= 15 is 0 Å². The summed E-state index contributed by atoms with van der Waals surface area (Å²) in [6.45, 7) is 2.30. The van der Waals surface area contributed by atoms with Crippen LogP contribution in [0.3, 0.4) is 0 Å². The largest absolute Gasteiger partial charge is 0.392 e. The standard InChI is InChI=1S/C16H17NO2/c1-12(19)15-5-7-16(8-6-15)17-10-13-3-2-4-14(9-13)11-18/h2-9,17-18H,10-11H2,1H3. The smallest absolute Gasteiger partial charge is 0.159 e. The molecule has 98 valence electrons. The lowest BCUT2D eigenvalue weighted by molar-refractivity contribution is 0.101. The summed E-state index contributed by atoms with van der Waals surface area (Å²) in [6, 6.07) is 15.2. The van der Waals surface area contributed by atoms with E-state index in [4.69, 9.17) is 5.11 Å². The number of rotatable bonds is 5. The van der Waals surface area contributed by atoms with Crippen molar-refractivity contribution >= 4 is 11.5 Å². The van der Waals surface area contributed by atoms with E-state index in [9.17, 15) is 4.79 Å². The zero-order chi connectivity index (χ0) is 13.7. The number of nitrogens with one attached hydrogen (secondary N) is 1. The van der Waals surface area contributed by atoms with Crippen LogP contribution in [0.15, 0.2) is 48.5 Å². The molecular weight excluding hydrogens is 238 g/mol. The third-order valence-corrected chi connectivity index (χ3v) is 2.96. The summed E-state index contributed by atoms with van der Waals surface area (Å²) >= 11 is 0. The van der Waals surface area contributed by atoms with E-state index in [0.29, 0.717) is 12.1 Å². The summed E-state index contributed by atoms with van der Waals surface area (Å²) in [5.74, 6) is 0.0715. The molecule has 3 nitrogen and oxygen atoms in total. The molecule has 19 heavy (non-hydrogen) atoms. The van der Waals surface area contributed by atoms with Gasteiger partial charge in [0.1, 0.15) is 0 Å². The Morgan fingerprint density at radius 1 is 1.11 bits per heavy atom. The van der Waals surface area contributed by atoms with Gasteiger partial charge in [-0.15, -0.1) is 0 Å². The number of carbonyl (C=O) groups is 1. The summed E-state index contributed by atoms with van der Waals surface area (Å²) in [5, 5.41) is 12.4. The molecule has 0 saturated heterocycles. The van der Waals surface area contributed by atoms with Crippen molar-refractivity contribution in [2.45, 2.75) is 20.1 Å². The molecule has 0 saturated carbocycles. The molecule has 0 bridgehead atoms. The minimum atomic E-state index is 0.0567. The number of anilines is 1. The maximum atomic E-state index is 11.2. The van der Waals surface area contributed by atoms with Gasteiger partial charge in [-0.2, -0.15) is 0 Å².